The Hall–Kier alpha value is -2.04. The molecule has 1 aromatic rings. The quantitative estimate of drug-likeness (QED) is 0.751. The minimum absolute atomic E-state index is 0.167. The molecule has 0 aliphatic carbocycles. The van der Waals surface area contributed by atoms with Gasteiger partial charge in [-0.3, -0.25) is 9.59 Å². The molecule has 2 N–H and O–H groups in total. The first kappa shape index (κ1) is 16.0. The monoisotopic (exact) mass is 278 g/mol. The van der Waals surface area contributed by atoms with Gasteiger partial charge in [-0.1, -0.05) is 13.8 Å². The van der Waals surface area contributed by atoms with Gasteiger partial charge in [-0.15, -0.1) is 0 Å². The van der Waals surface area contributed by atoms with E-state index in [4.69, 9.17) is 4.74 Å². The molecular formula is C15H22N2O3. The number of amides is 2. The number of ether oxygens (including phenoxy) is 1. The van der Waals surface area contributed by atoms with E-state index in [0.29, 0.717) is 24.8 Å². The number of rotatable bonds is 7. The summed E-state index contributed by atoms with van der Waals surface area (Å²) in [6.45, 7) is 7.09. The molecule has 0 aliphatic rings. The third kappa shape index (κ3) is 6.22. The van der Waals surface area contributed by atoms with Gasteiger partial charge in [0, 0.05) is 12.2 Å². The summed E-state index contributed by atoms with van der Waals surface area (Å²) in [6, 6.07) is 7.04. The van der Waals surface area contributed by atoms with E-state index in [0.717, 1.165) is 5.75 Å². The van der Waals surface area contributed by atoms with Crippen LogP contribution in [0.5, 0.6) is 5.75 Å². The fraction of sp³-hybridized carbons (Fsp3) is 0.467. The molecule has 0 aromatic heterocycles. The third-order valence-corrected chi connectivity index (χ3v) is 2.48. The van der Waals surface area contributed by atoms with Crippen LogP contribution in [-0.4, -0.2) is 25.0 Å². The van der Waals surface area contributed by atoms with Crippen molar-refractivity contribution in [2.75, 3.05) is 18.5 Å². The van der Waals surface area contributed by atoms with Crippen LogP contribution in [0.2, 0.25) is 0 Å². The van der Waals surface area contributed by atoms with Gasteiger partial charge in [-0.05, 0) is 37.1 Å². The van der Waals surface area contributed by atoms with E-state index in [-0.39, 0.29) is 18.2 Å². The molecule has 2 amide bonds. The highest BCUT2D eigenvalue weighted by atomic mass is 16.5. The zero-order chi connectivity index (χ0) is 15.0. The van der Waals surface area contributed by atoms with Gasteiger partial charge >= 0.3 is 0 Å². The number of carbonyl (C=O) groups excluding carboxylic acids is 2. The minimum Gasteiger partial charge on any atom is -0.494 e. The lowest BCUT2D eigenvalue weighted by molar-refractivity contribution is -0.126. The van der Waals surface area contributed by atoms with Crippen LogP contribution in [0.4, 0.5) is 5.69 Å². The summed E-state index contributed by atoms with van der Waals surface area (Å²) in [5.41, 5.74) is 0.648. The van der Waals surface area contributed by atoms with E-state index in [1.54, 1.807) is 24.3 Å². The van der Waals surface area contributed by atoms with Crippen molar-refractivity contribution in [3.63, 3.8) is 0 Å². The Morgan fingerprint density at radius 1 is 1.15 bits per heavy atom. The topological polar surface area (TPSA) is 67.4 Å². The maximum atomic E-state index is 11.7. The van der Waals surface area contributed by atoms with Gasteiger partial charge in [0.1, 0.15) is 12.2 Å². The highest BCUT2D eigenvalue weighted by Crippen LogP contribution is 2.15. The molecule has 0 saturated carbocycles. The van der Waals surface area contributed by atoms with Crippen molar-refractivity contribution in [2.24, 2.45) is 5.92 Å². The average Bonchev–Trinajstić information content (AvgIpc) is 2.39. The van der Waals surface area contributed by atoms with E-state index in [9.17, 15) is 9.59 Å². The number of anilines is 1. The molecule has 0 unspecified atom stereocenters. The molecule has 110 valence electrons. The lowest BCUT2D eigenvalue weighted by Crippen LogP contribution is -2.30. The number of carbonyl (C=O) groups is 2. The summed E-state index contributed by atoms with van der Waals surface area (Å²) in [7, 11) is 0. The normalized spacial score (nSPS) is 10.2. The molecule has 5 heteroatoms. The van der Waals surface area contributed by atoms with Gasteiger partial charge in [-0.25, -0.2) is 0 Å². The van der Waals surface area contributed by atoms with Crippen LogP contribution >= 0.6 is 0 Å². The van der Waals surface area contributed by atoms with Gasteiger partial charge in [0.25, 0.3) is 0 Å². The molecule has 0 fully saturated rings. The van der Waals surface area contributed by atoms with Crippen molar-refractivity contribution >= 4 is 17.5 Å². The number of nitrogens with one attached hydrogen (secondary N) is 2. The molecule has 0 radical (unpaired) electrons. The zero-order valence-electron chi connectivity index (χ0n) is 12.2. The smallest absolute Gasteiger partial charge is 0.233 e. The Balaban J connectivity index is 2.39. The van der Waals surface area contributed by atoms with Crippen molar-refractivity contribution in [1.29, 1.82) is 0 Å². The Bertz CT molecular complexity index is 441. The molecule has 0 aliphatic heterocycles. The Labute approximate surface area is 119 Å². The first-order valence-electron chi connectivity index (χ1n) is 6.80. The molecule has 20 heavy (non-hydrogen) atoms. The van der Waals surface area contributed by atoms with E-state index in [2.05, 4.69) is 10.6 Å². The molecule has 0 atom stereocenters. The van der Waals surface area contributed by atoms with E-state index in [1.807, 2.05) is 20.8 Å². The van der Waals surface area contributed by atoms with Crippen LogP contribution in [0.25, 0.3) is 0 Å². The fourth-order valence-corrected chi connectivity index (χ4v) is 1.53. The van der Waals surface area contributed by atoms with Gasteiger partial charge in [0.05, 0.1) is 6.61 Å². The first-order valence-corrected chi connectivity index (χ1v) is 6.80. The van der Waals surface area contributed by atoms with Crippen LogP contribution < -0.4 is 15.4 Å². The van der Waals surface area contributed by atoms with Gasteiger partial charge in [-0.2, -0.15) is 0 Å². The first-order chi connectivity index (χ1) is 9.51. The molecule has 5 nitrogen and oxygen atoms in total. The molecule has 0 heterocycles. The molecule has 1 aromatic carbocycles. The van der Waals surface area contributed by atoms with Crippen LogP contribution in [0.1, 0.15) is 27.2 Å². The number of benzene rings is 1. The SMILES string of the molecule is CCOc1ccc(NC(=O)CC(=O)NCC(C)C)cc1. The highest BCUT2D eigenvalue weighted by molar-refractivity contribution is 6.03. The summed E-state index contributed by atoms with van der Waals surface area (Å²) >= 11 is 0. The molecule has 0 saturated heterocycles. The van der Waals surface area contributed by atoms with Crippen molar-refractivity contribution in [3.05, 3.63) is 24.3 Å². The van der Waals surface area contributed by atoms with E-state index >= 15 is 0 Å². The van der Waals surface area contributed by atoms with Gasteiger partial charge in [0.2, 0.25) is 11.8 Å². The summed E-state index contributed by atoms with van der Waals surface area (Å²) in [4.78, 5) is 23.2. The van der Waals surface area contributed by atoms with Crippen LogP contribution in [-0.2, 0) is 9.59 Å². The van der Waals surface area contributed by atoms with Crippen LogP contribution in [0.15, 0.2) is 24.3 Å². The summed E-state index contributed by atoms with van der Waals surface area (Å²) in [5, 5.41) is 5.38. The number of hydrogen-bond acceptors (Lipinski definition) is 3. The second-order valence-corrected chi connectivity index (χ2v) is 4.88. The minimum atomic E-state index is -0.324. The summed E-state index contributed by atoms with van der Waals surface area (Å²) < 4.78 is 5.31. The highest BCUT2D eigenvalue weighted by Gasteiger charge is 2.09. The molecule has 0 spiro atoms. The second kappa shape index (κ2) is 8.19. The van der Waals surface area contributed by atoms with Crippen LogP contribution in [0.3, 0.4) is 0 Å². The average molecular weight is 278 g/mol. The van der Waals surface area contributed by atoms with Gasteiger partial charge in [0.15, 0.2) is 0 Å². The predicted octanol–water partition coefficient (Wildman–Crippen LogP) is 2.19. The maximum absolute atomic E-state index is 11.7. The Morgan fingerprint density at radius 2 is 1.80 bits per heavy atom. The van der Waals surface area contributed by atoms with Crippen molar-refractivity contribution in [1.82, 2.24) is 5.32 Å². The lowest BCUT2D eigenvalue weighted by Gasteiger charge is -2.09. The number of hydrogen-bond donors (Lipinski definition) is 2. The predicted molar refractivity (Wildman–Crippen MR) is 78.7 cm³/mol. The summed E-state index contributed by atoms with van der Waals surface area (Å²) in [5.74, 6) is 0.533. The Morgan fingerprint density at radius 3 is 2.35 bits per heavy atom. The summed E-state index contributed by atoms with van der Waals surface area (Å²) in [6.07, 6.45) is -0.167. The molecule has 1 rings (SSSR count). The second-order valence-electron chi connectivity index (χ2n) is 4.88. The van der Waals surface area contributed by atoms with Crippen molar-refractivity contribution in [3.8, 4) is 5.75 Å². The fourth-order valence-electron chi connectivity index (χ4n) is 1.53. The van der Waals surface area contributed by atoms with Crippen LogP contribution in [0, 0.1) is 5.92 Å². The standard InChI is InChI=1S/C15H22N2O3/c1-4-20-13-7-5-12(6-8-13)17-15(19)9-14(18)16-10-11(2)3/h5-8,11H,4,9-10H2,1-3H3,(H,16,18)(H,17,19). The molecule has 0 bridgehead atoms. The molecular weight excluding hydrogens is 256 g/mol. The third-order valence-electron chi connectivity index (χ3n) is 2.48. The maximum Gasteiger partial charge on any atom is 0.233 e. The lowest BCUT2D eigenvalue weighted by atomic mass is 10.2. The largest absolute Gasteiger partial charge is 0.494 e. The van der Waals surface area contributed by atoms with Crippen molar-refractivity contribution < 1.29 is 14.3 Å². The van der Waals surface area contributed by atoms with E-state index < -0.39 is 0 Å². The van der Waals surface area contributed by atoms with Crippen molar-refractivity contribution in [2.45, 2.75) is 27.2 Å². The van der Waals surface area contributed by atoms with Gasteiger partial charge < -0.3 is 15.4 Å². The zero-order valence-corrected chi connectivity index (χ0v) is 12.2. The Kier molecular flexibility index (Phi) is 6.56. The van der Waals surface area contributed by atoms with E-state index in [1.165, 1.54) is 0 Å².